The van der Waals surface area contributed by atoms with Gasteiger partial charge in [-0.3, -0.25) is 4.79 Å². The zero-order chi connectivity index (χ0) is 22.4. The summed E-state index contributed by atoms with van der Waals surface area (Å²) in [5.41, 5.74) is 5.49. The lowest BCUT2D eigenvalue weighted by atomic mass is 10.1. The molecule has 1 amide bonds. The van der Waals surface area contributed by atoms with E-state index in [1.807, 2.05) is 37.3 Å². The van der Waals surface area contributed by atoms with E-state index in [-0.39, 0.29) is 12.5 Å². The Morgan fingerprint density at radius 2 is 1.94 bits per heavy atom. The second kappa shape index (κ2) is 10.7. The molecule has 5 nitrogen and oxygen atoms in total. The number of nitrogens with zero attached hydrogens (tertiary/aromatic N) is 1. The Kier molecular flexibility index (Phi) is 7.96. The van der Waals surface area contributed by atoms with E-state index >= 15 is 0 Å². The van der Waals surface area contributed by atoms with Gasteiger partial charge in [0.05, 0.1) is 17.8 Å². The molecular weight excluding hydrogens is 503 g/mol. The molecule has 0 aliphatic heterocycles. The molecule has 0 spiro atoms. The SMILES string of the molecule is COc1cc(/C=N/NC(=O)c2ccccc2C)cc(Br)c1OCc1ccc(Cl)cc1Cl. The third-order valence-electron chi connectivity index (χ3n) is 4.41. The minimum atomic E-state index is -0.278. The molecule has 0 fully saturated rings. The molecule has 3 aromatic carbocycles. The number of carbonyl (C=O) groups is 1. The number of aryl methyl sites for hydroxylation is 1. The van der Waals surface area contributed by atoms with E-state index in [0.717, 1.165) is 11.1 Å². The van der Waals surface area contributed by atoms with Crippen LogP contribution in [0.15, 0.2) is 64.2 Å². The third kappa shape index (κ3) is 6.00. The second-order valence-corrected chi connectivity index (χ2v) is 8.27. The predicted molar refractivity (Wildman–Crippen MR) is 128 cm³/mol. The van der Waals surface area contributed by atoms with Crippen molar-refractivity contribution in [2.75, 3.05) is 7.11 Å². The Hall–Kier alpha value is -2.54. The fourth-order valence-corrected chi connectivity index (χ4v) is 3.83. The molecule has 3 aromatic rings. The maximum Gasteiger partial charge on any atom is 0.271 e. The van der Waals surface area contributed by atoms with Crippen molar-refractivity contribution < 1.29 is 14.3 Å². The van der Waals surface area contributed by atoms with Gasteiger partial charge in [0.15, 0.2) is 11.5 Å². The number of methoxy groups -OCH3 is 1. The molecule has 0 saturated carbocycles. The molecule has 1 N–H and O–H groups in total. The zero-order valence-electron chi connectivity index (χ0n) is 16.8. The van der Waals surface area contributed by atoms with Crippen LogP contribution in [0.1, 0.15) is 27.0 Å². The molecular formula is C23H19BrCl2N2O3. The fraction of sp³-hybridized carbons (Fsp3) is 0.130. The molecule has 8 heteroatoms. The molecule has 0 bridgehead atoms. The first kappa shape index (κ1) is 23.1. The lowest BCUT2D eigenvalue weighted by molar-refractivity contribution is 0.0954. The lowest BCUT2D eigenvalue weighted by Crippen LogP contribution is -2.18. The van der Waals surface area contributed by atoms with Crippen LogP contribution in [0.2, 0.25) is 10.0 Å². The monoisotopic (exact) mass is 520 g/mol. The predicted octanol–water partition coefficient (Wildman–Crippen LogP) is 6.42. The van der Waals surface area contributed by atoms with E-state index in [1.165, 1.54) is 6.21 Å². The lowest BCUT2D eigenvalue weighted by Gasteiger charge is -2.14. The van der Waals surface area contributed by atoms with Crippen LogP contribution < -0.4 is 14.9 Å². The van der Waals surface area contributed by atoms with E-state index in [2.05, 4.69) is 26.5 Å². The van der Waals surface area contributed by atoms with Crippen LogP contribution in [0, 0.1) is 6.92 Å². The summed E-state index contributed by atoms with van der Waals surface area (Å²) < 4.78 is 12.0. The first-order valence-electron chi connectivity index (χ1n) is 9.22. The van der Waals surface area contributed by atoms with Gasteiger partial charge in [-0.2, -0.15) is 5.10 Å². The number of carbonyl (C=O) groups excluding carboxylic acids is 1. The van der Waals surface area contributed by atoms with Gasteiger partial charge in [0.2, 0.25) is 0 Å². The van der Waals surface area contributed by atoms with Gasteiger partial charge in [-0.05, 0) is 64.3 Å². The molecule has 0 radical (unpaired) electrons. The summed E-state index contributed by atoms with van der Waals surface area (Å²) in [6, 6.07) is 16.1. The summed E-state index contributed by atoms with van der Waals surface area (Å²) in [6.45, 7) is 2.11. The summed E-state index contributed by atoms with van der Waals surface area (Å²) in [4.78, 5) is 12.3. The van der Waals surface area contributed by atoms with Crippen molar-refractivity contribution in [3.63, 3.8) is 0 Å². The van der Waals surface area contributed by atoms with Gasteiger partial charge >= 0.3 is 0 Å². The van der Waals surface area contributed by atoms with Gasteiger partial charge in [0.25, 0.3) is 5.91 Å². The molecule has 0 unspecified atom stereocenters. The van der Waals surface area contributed by atoms with Gasteiger partial charge in [-0.25, -0.2) is 5.43 Å². The zero-order valence-corrected chi connectivity index (χ0v) is 19.9. The summed E-state index contributed by atoms with van der Waals surface area (Å²) >= 11 is 15.7. The van der Waals surface area contributed by atoms with Crippen LogP contribution in [0.4, 0.5) is 0 Å². The van der Waals surface area contributed by atoms with Gasteiger partial charge in [-0.1, -0.05) is 47.5 Å². The number of hydrogen-bond donors (Lipinski definition) is 1. The molecule has 3 rings (SSSR count). The summed E-state index contributed by atoms with van der Waals surface area (Å²) in [7, 11) is 1.55. The van der Waals surface area contributed by atoms with Crippen molar-refractivity contribution in [3.05, 3.63) is 91.4 Å². The molecule has 0 aromatic heterocycles. The number of amides is 1. The minimum Gasteiger partial charge on any atom is -0.493 e. The number of hydrazone groups is 1. The standard InChI is InChI=1S/C23H19BrCl2N2O3/c1-14-5-3-4-6-18(14)23(29)28-27-12-15-9-19(24)22(21(10-15)30-2)31-13-16-7-8-17(25)11-20(16)26/h3-12H,13H2,1-2H3,(H,28,29)/b27-12+. The Labute approximate surface area is 199 Å². The number of hydrogen-bond acceptors (Lipinski definition) is 4. The summed E-state index contributed by atoms with van der Waals surface area (Å²) in [6.07, 6.45) is 1.53. The van der Waals surface area contributed by atoms with Crippen LogP contribution in [0.3, 0.4) is 0 Å². The number of ether oxygens (including phenoxy) is 2. The van der Waals surface area contributed by atoms with E-state index in [9.17, 15) is 4.79 Å². The molecule has 0 aliphatic carbocycles. The number of nitrogens with one attached hydrogen (secondary N) is 1. The van der Waals surface area contributed by atoms with E-state index in [1.54, 1.807) is 31.4 Å². The van der Waals surface area contributed by atoms with Crippen LogP contribution in [-0.2, 0) is 6.61 Å². The maximum atomic E-state index is 12.3. The van der Waals surface area contributed by atoms with Crippen molar-refractivity contribution in [1.29, 1.82) is 0 Å². The highest BCUT2D eigenvalue weighted by atomic mass is 79.9. The number of rotatable bonds is 7. The van der Waals surface area contributed by atoms with Crippen LogP contribution >= 0.6 is 39.1 Å². The Bertz CT molecular complexity index is 1140. The van der Waals surface area contributed by atoms with Gasteiger partial charge in [0, 0.05) is 21.2 Å². The van der Waals surface area contributed by atoms with Gasteiger partial charge < -0.3 is 9.47 Å². The Balaban J connectivity index is 1.72. The third-order valence-corrected chi connectivity index (χ3v) is 5.58. The van der Waals surface area contributed by atoms with E-state index in [0.29, 0.717) is 37.1 Å². The van der Waals surface area contributed by atoms with Crippen molar-refractivity contribution in [1.82, 2.24) is 5.43 Å². The van der Waals surface area contributed by atoms with E-state index < -0.39 is 0 Å². The van der Waals surface area contributed by atoms with Crippen LogP contribution in [0.25, 0.3) is 0 Å². The highest BCUT2D eigenvalue weighted by Gasteiger charge is 2.13. The number of benzene rings is 3. The maximum absolute atomic E-state index is 12.3. The molecule has 0 atom stereocenters. The Morgan fingerprint density at radius 1 is 1.16 bits per heavy atom. The van der Waals surface area contributed by atoms with Crippen molar-refractivity contribution >= 4 is 51.3 Å². The van der Waals surface area contributed by atoms with E-state index in [4.69, 9.17) is 32.7 Å². The fourth-order valence-electron chi connectivity index (χ4n) is 2.80. The summed E-state index contributed by atoms with van der Waals surface area (Å²) in [5.74, 6) is 0.751. The average molecular weight is 522 g/mol. The highest BCUT2D eigenvalue weighted by molar-refractivity contribution is 9.10. The number of halogens is 3. The average Bonchev–Trinajstić information content (AvgIpc) is 2.74. The molecule has 160 valence electrons. The molecule has 31 heavy (non-hydrogen) atoms. The largest absolute Gasteiger partial charge is 0.493 e. The molecule has 0 heterocycles. The normalized spacial score (nSPS) is 10.9. The van der Waals surface area contributed by atoms with Crippen molar-refractivity contribution in [3.8, 4) is 11.5 Å². The van der Waals surface area contributed by atoms with Crippen molar-refractivity contribution in [2.45, 2.75) is 13.5 Å². The first-order valence-corrected chi connectivity index (χ1v) is 10.8. The smallest absolute Gasteiger partial charge is 0.271 e. The van der Waals surface area contributed by atoms with Crippen molar-refractivity contribution in [2.24, 2.45) is 5.10 Å². The quantitative estimate of drug-likeness (QED) is 0.288. The highest BCUT2D eigenvalue weighted by Crippen LogP contribution is 2.37. The first-order chi connectivity index (χ1) is 14.9. The molecule has 0 saturated heterocycles. The topological polar surface area (TPSA) is 59.9 Å². The second-order valence-electron chi connectivity index (χ2n) is 6.57. The van der Waals surface area contributed by atoms with Gasteiger partial charge in [0.1, 0.15) is 6.61 Å². The molecule has 0 aliphatic rings. The van der Waals surface area contributed by atoms with Crippen LogP contribution in [-0.4, -0.2) is 19.2 Å². The van der Waals surface area contributed by atoms with Gasteiger partial charge in [-0.15, -0.1) is 0 Å². The summed E-state index contributed by atoms with van der Waals surface area (Å²) in [5, 5.41) is 5.13. The Morgan fingerprint density at radius 3 is 2.65 bits per heavy atom. The van der Waals surface area contributed by atoms with Crippen LogP contribution in [0.5, 0.6) is 11.5 Å². The minimum absolute atomic E-state index is 0.241.